The molecule has 5 nitrogen and oxygen atoms in total. The molecule has 0 unspecified atom stereocenters. The summed E-state index contributed by atoms with van der Waals surface area (Å²) in [7, 11) is -1.05. The molecule has 0 saturated heterocycles. The maximum absolute atomic E-state index is 6.07. The molecule has 2 aromatic rings. The van der Waals surface area contributed by atoms with Gasteiger partial charge in [0.1, 0.15) is 19.0 Å². The van der Waals surface area contributed by atoms with Crippen LogP contribution in [-0.4, -0.2) is 30.3 Å². The lowest BCUT2D eigenvalue weighted by molar-refractivity contribution is 0.0853. The number of aromatic nitrogens is 2. The summed E-state index contributed by atoms with van der Waals surface area (Å²) in [5.41, 5.74) is 3.45. The minimum atomic E-state index is -1.05. The number of fused-ring (bicyclic) bond motifs is 3. The second-order valence-corrected chi connectivity index (χ2v) is 14.5. The summed E-state index contributed by atoms with van der Waals surface area (Å²) in [5.74, 6) is 0. The van der Waals surface area contributed by atoms with Crippen molar-refractivity contribution in [2.24, 2.45) is 0 Å². The molecule has 0 bridgehead atoms. The Bertz CT molecular complexity index is 762. The molecule has 0 atom stereocenters. The zero-order valence-electron chi connectivity index (χ0n) is 16.3. The van der Waals surface area contributed by atoms with Gasteiger partial charge in [0.05, 0.1) is 11.7 Å². The van der Waals surface area contributed by atoms with Gasteiger partial charge >= 0.3 is 0 Å². The molecule has 4 rings (SSSR count). The van der Waals surface area contributed by atoms with Gasteiger partial charge < -0.3 is 9.30 Å². The summed E-state index contributed by atoms with van der Waals surface area (Å²) >= 11 is 0. The first-order valence-electron chi connectivity index (χ1n) is 9.99. The van der Waals surface area contributed by atoms with Crippen LogP contribution in [0.4, 0.5) is 5.69 Å². The Morgan fingerprint density at radius 2 is 2.04 bits per heavy atom. The summed E-state index contributed by atoms with van der Waals surface area (Å²) in [6, 6.07) is 3.87. The van der Waals surface area contributed by atoms with E-state index in [-0.39, 0.29) is 0 Å². The largest absolute Gasteiger partial charge is 0.361 e. The highest BCUT2D eigenvalue weighted by atomic mass is 28.3. The molecule has 0 spiro atoms. The third-order valence-electron chi connectivity index (χ3n) is 5.55. The Hall–Kier alpha value is -1.37. The SMILES string of the molecule is C[Si](C)(C)CCOCn1ccc2c3c(cnc21)CON3C1CCCCC1. The van der Waals surface area contributed by atoms with E-state index in [2.05, 4.69) is 41.5 Å². The number of hydrogen-bond acceptors (Lipinski definition) is 4. The van der Waals surface area contributed by atoms with Gasteiger partial charge in [-0.25, -0.2) is 10.0 Å². The highest BCUT2D eigenvalue weighted by Crippen LogP contribution is 2.39. The average Bonchev–Trinajstić information content (AvgIpc) is 3.22. The standard InChI is InChI=1S/C20H31N3O2Si/c1-26(2,3)12-11-24-15-22-10-9-18-19-16(13-21-20(18)22)14-25-23(19)17-7-5-4-6-8-17/h9-10,13,17H,4-8,11-12,14-15H2,1-3H3. The van der Waals surface area contributed by atoms with E-state index >= 15 is 0 Å². The molecule has 6 heteroatoms. The topological polar surface area (TPSA) is 39.5 Å². The first-order valence-corrected chi connectivity index (χ1v) is 13.7. The van der Waals surface area contributed by atoms with Crippen LogP contribution in [0.3, 0.4) is 0 Å². The van der Waals surface area contributed by atoms with Crippen LogP contribution in [0.2, 0.25) is 25.7 Å². The van der Waals surface area contributed by atoms with E-state index in [1.165, 1.54) is 54.8 Å². The molecule has 26 heavy (non-hydrogen) atoms. The molecular weight excluding hydrogens is 342 g/mol. The second kappa shape index (κ2) is 7.33. The van der Waals surface area contributed by atoms with Gasteiger partial charge in [-0.1, -0.05) is 38.9 Å². The van der Waals surface area contributed by atoms with E-state index in [4.69, 9.17) is 14.6 Å². The molecule has 142 valence electrons. The van der Waals surface area contributed by atoms with E-state index in [1.807, 2.05) is 6.20 Å². The number of hydroxylamine groups is 1. The van der Waals surface area contributed by atoms with Crippen molar-refractivity contribution in [1.82, 2.24) is 9.55 Å². The van der Waals surface area contributed by atoms with E-state index in [1.54, 1.807) is 0 Å². The van der Waals surface area contributed by atoms with E-state index in [0.717, 1.165) is 12.3 Å². The highest BCUT2D eigenvalue weighted by molar-refractivity contribution is 6.76. The van der Waals surface area contributed by atoms with Crippen LogP contribution in [-0.2, 0) is 22.9 Å². The first kappa shape index (κ1) is 18.0. The van der Waals surface area contributed by atoms with Crippen molar-refractivity contribution in [3.8, 4) is 0 Å². The lowest BCUT2D eigenvalue weighted by Crippen LogP contribution is -2.34. The Balaban J connectivity index is 1.53. The number of hydrogen-bond donors (Lipinski definition) is 0. The van der Waals surface area contributed by atoms with Crippen molar-refractivity contribution >= 4 is 24.8 Å². The van der Waals surface area contributed by atoms with E-state index < -0.39 is 8.07 Å². The van der Waals surface area contributed by atoms with E-state index in [0.29, 0.717) is 19.4 Å². The van der Waals surface area contributed by atoms with Crippen LogP contribution in [0.15, 0.2) is 18.5 Å². The molecule has 2 aliphatic rings. The average molecular weight is 374 g/mol. The quantitative estimate of drug-likeness (QED) is 0.531. The Morgan fingerprint density at radius 3 is 2.81 bits per heavy atom. The molecular formula is C20H31N3O2Si. The van der Waals surface area contributed by atoms with Gasteiger partial charge in [-0.2, -0.15) is 0 Å². The van der Waals surface area contributed by atoms with Crippen LogP contribution in [0.5, 0.6) is 0 Å². The van der Waals surface area contributed by atoms with Crippen molar-refractivity contribution in [3.63, 3.8) is 0 Å². The van der Waals surface area contributed by atoms with Gasteiger partial charge in [-0.3, -0.25) is 4.84 Å². The Labute approximate surface area is 157 Å². The maximum Gasteiger partial charge on any atom is 0.143 e. The first-order chi connectivity index (χ1) is 12.5. The molecule has 0 amide bonds. The minimum Gasteiger partial charge on any atom is -0.361 e. The summed E-state index contributed by atoms with van der Waals surface area (Å²) in [6.45, 7) is 9.19. The third-order valence-corrected chi connectivity index (χ3v) is 7.25. The number of anilines is 1. The molecule has 0 aromatic carbocycles. The summed E-state index contributed by atoms with van der Waals surface area (Å²) in [6.07, 6.45) is 10.5. The number of rotatable bonds is 6. The normalized spacial score (nSPS) is 18.7. The number of nitrogens with zero attached hydrogens (tertiary/aromatic N) is 3. The molecule has 3 heterocycles. The fourth-order valence-corrected chi connectivity index (χ4v) is 4.74. The van der Waals surface area contributed by atoms with Crippen LogP contribution >= 0.6 is 0 Å². The van der Waals surface area contributed by atoms with Crippen LogP contribution < -0.4 is 5.06 Å². The van der Waals surface area contributed by atoms with Crippen molar-refractivity contribution in [2.75, 3.05) is 11.7 Å². The molecule has 1 aliphatic carbocycles. The van der Waals surface area contributed by atoms with Crippen LogP contribution in [0.25, 0.3) is 11.0 Å². The predicted molar refractivity (Wildman–Crippen MR) is 108 cm³/mol. The summed E-state index contributed by atoms with van der Waals surface area (Å²) in [4.78, 5) is 10.8. The van der Waals surface area contributed by atoms with Crippen molar-refractivity contribution in [3.05, 3.63) is 24.0 Å². The highest BCUT2D eigenvalue weighted by Gasteiger charge is 2.31. The van der Waals surface area contributed by atoms with Gasteiger partial charge in [-0.05, 0) is 25.0 Å². The number of pyridine rings is 1. The van der Waals surface area contributed by atoms with Crippen LogP contribution in [0.1, 0.15) is 37.7 Å². The zero-order valence-corrected chi connectivity index (χ0v) is 17.3. The Kier molecular flexibility index (Phi) is 5.08. The summed E-state index contributed by atoms with van der Waals surface area (Å²) in [5, 5.41) is 3.38. The summed E-state index contributed by atoms with van der Waals surface area (Å²) < 4.78 is 8.06. The molecule has 2 aromatic heterocycles. The van der Waals surface area contributed by atoms with Crippen molar-refractivity contribution < 1.29 is 9.57 Å². The van der Waals surface area contributed by atoms with Crippen molar-refractivity contribution in [1.29, 1.82) is 0 Å². The van der Waals surface area contributed by atoms with Gasteiger partial charge in [0.2, 0.25) is 0 Å². The molecule has 0 radical (unpaired) electrons. The predicted octanol–water partition coefficient (Wildman–Crippen LogP) is 4.93. The zero-order chi connectivity index (χ0) is 18.1. The van der Waals surface area contributed by atoms with Gasteiger partial charge in [0.25, 0.3) is 0 Å². The molecule has 0 N–H and O–H groups in total. The lowest BCUT2D eigenvalue weighted by atomic mass is 9.95. The minimum absolute atomic E-state index is 0.506. The third kappa shape index (κ3) is 3.68. The van der Waals surface area contributed by atoms with E-state index in [9.17, 15) is 0 Å². The smallest absolute Gasteiger partial charge is 0.143 e. The lowest BCUT2D eigenvalue weighted by Gasteiger charge is -2.31. The monoisotopic (exact) mass is 373 g/mol. The molecule has 1 fully saturated rings. The fourth-order valence-electron chi connectivity index (χ4n) is 3.98. The number of ether oxygens (including phenoxy) is 1. The Morgan fingerprint density at radius 1 is 1.23 bits per heavy atom. The molecule has 1 saturated carbocycles. The van der Waals surface area contributed by atoms with Gasteiger partial charge in [0, 0.05) is 38.0 Å². The second-order valence-electron chi connectivity index (χ2n) is 8.89. The van der Waals surface area contributed by atoms with Crippen molar-refractivity contribution in [2.45, 2.75) is 77.2 Å². The van der Waals surface area contributed by atoms with Gasteiger partial charge in [0.15, 0.2) is 0 Å². The maximum atomic E-state index is 6.07. The van der Waals surface area contributed by atoms with Crippen LogP contribution in [0, 0.1) is 0 Å². The molecule has 1 aliphatic heterocycles. The van der Waals surface area contributed by atoms with Gasteiger partial charge in [-0.15, -0.1) is 0 Å². The fraction of sp³-hybridized carbons (Fsp3) is 0.650.